The van der Waals surface area contributed by atoms with Gasteiger partial charge in [-0.2, -0.15) is 10.5 Å². The molecule has 182 valence electrons. The summed E-state index contributed by atoms with van der Waals surface area (Å²) < 4.78 is 0. The Morgan fingerprint density at radius 2 is 1.83 bits per heavy atom. The van der Waals surface area contributed by atoms with Crippen molar-refractivity contribution in [2.24, 2.45) is 5.73 Å². The van der Waals surface area contributed by atoms with Gasteiger partial charge in [0.15, 0.2) is 0 Å². The van der Waals surface area contributed by atoms with Crippen molar-refractivity contribution in [2.75, 3.05) is 31.7 Å². The van der Waals surface area contributed by atoms with E-state index in [2.05, 4.69) is 22.4 Å². The van der Waals surface area contributed by atoms with E-state index in [1.807, 2.05) is 6.07 Å². The van der Waals surface area contributed by atoms with Crippen LogP contribution in [0.4, 0.5) is 5.82 Å². The highest BCUT2D eigenvalue weighted by Gasteiger charge is 2.35. The fourth-order valence-electron chi connectivity index (χ4n) is 3.67. The Hall–Kier alpha value is -3.64. The summed E-state index contributed by atoms with van der Waals surface area (Å²) in [7, 11) is 1.58. The molecule has 1 aliphatic carbocycles. The lowest BCUT2D eigenvalue weighted by Gasteiger charge is -2.24. The van der Waals surface area contributed by atoms with E-state index < -0.39 is 36.3 Å². The Labute approximate surface area is 207 Å². The zero-order chi connectivity index (χ0) is 25.5. The molecule has 1 fully saturated rings. The molecule has 0 radical (unpaired) electrons. The summed E-state index contributed by atoms with van der Waals surface area (Å²) in [6, 6.07) is 12.4. The molecule has 10 nitrogen and oxygen atoms in total. The van der Waals surface area contributed by atoms with Gasteiger partial charge in [-0.3, -0.25) is 9.59 Å². The quantitative estimate of drug-likeness (QED) is 0.331. The predicted octanol–water partition coefficient (Wildman–Crippen LogP) is 0.927. The summed E-state index contributed by atoms with van der Waals surface area (Å²) >= 11 is 1.04. The zero-order valence-electron chi connectivity index (χ0n) is 19.1. The number of nitriles is 2. The lowest BCUT2D eigenvalue weighted by atomic mass is 10.00. The number of hydrogen-bond donors (Lipinski definition) is 4. The van der Waals surface area contributed by atoms with Crippen LogP contribution in [0.5, 0.6) is 0 Å². The number of likely N-dealkylation sites (N-methyl/N-ethyl adjacent to an activating group) is 1. The minimum absolute atomic E-state index is 0.0135. The molecule has 0 bridgehead atoms. The second-order valence-corrected chi connectivity index (χ2v) is 9.29. The van der Waals surface area contributed by atoms with E-state index in [9.17, 15) is 30.3 Å². The molecule has 2 amide bonds. The third-order valence-electron chi connectivity index (χ3n) is 5.53. The number of rotatable bonds is 11. The van der Waals surface area contributed by atoms with Crippen LogP contribution in [0, 0.1) is 22.7 Å². The molecule has 1 aliphatic rings. The third-order valence-corrected chi connectivity index (χ3v) is 6.79. The molecular weight excluding hydrogens is 468 g/mol. The average molecular weight is 495 g/mol. The summed E-state index contributed by atoms with van der Waals surface area (Å²) in [4.78, 5) is 30.8. The summed E-state index contributed by atoms with van der Waals surface area (Å²) in [5.74, 6) is -0.874. The maximum Gasteiger partial charge on any atom is 0.239 e. The number of benzene rings is 1. The number of primary amides is 1. The first kappa shape index (κ1) is 26.0. The van der Waals surface area contributed by atoms with Gasteiger partial charge < -0.3 is 26.2 Å². The van der Waals surface area contributed by atoms with E-state index in [4.69, 9.17) is 5.73 Å². The van der Waals surface area contributed by atoms with Crippen molar-refractivity contribution in [3.63, 3.8) is 0 Å². The average Bonchev–Trinajstić information content (AvgIpc) is 3.70. The van der Waals surface area contributed by atoms with Crippen LogP contribution < -0.4 is 16.0 Å². The molecule has 1 atom stereocenters. The maximum atomic E-state index is 12.4. The number of amides is 2. The number of nitrogens with zero attached hydrogens (tertiary/aromatic N) is 4. The first-order chi connectivity index (χ1) is 16.8. The van der Waals surface area contributed by atoms with Crippen molar-refractivity contribution < 1.29 is 19.8 Å². The maximum absolute atomic E-state index is 12.4. The molecular formula is C24H26N6O4S. The number of carbonyl (C=O) groups is 2. The van der Waals surface area contributed by atoms with Crippen LogP contribution in [-0.2, 0) is 9.59 Å². The topological polar surface area (TPSA) is 176 Å². The number of nitrogens with two attached hydrogens (primary N) is 1. The van der Waals surface area contributed by atoms with E-state index in [0.717, 1.165) is 24.6 Å². The van der Waals surface area contributed by atoms with Crippen LogP contribution in [0.2, 0.25) is 0 Å². The normalized spacial score (nSPS) is 13.5. The molecule has 0 spiro atoms. The number of carbonyl (C=O) groups excluding carboxylic acids is 2. The van der Waals surface area contributed by atoms with Crippen molar-refractivity contribution in [1.29, 1.82) is 10.5 Å². The van der Waals surface area contributed by atoms with Crippen molar-refractivity contribution >= 4 is 29.4 Å². The van der Waals surface area contributed by atoms with Crippen molar-refractivity contribution in [3.05, 3.63) is 52.6 Å². The van der Waals surface area contributed by atoms with Crippen LogP contribution >= 0.6 is 11.8 Å². The van der Waals surface area contributed by atoms with E-state index >= 15 is 0 Å². The highest BCUT2D eigenvalue weighted by Crippen LogP contribution is 2.48. The molecule has 1 unspecified atom stereocenters. The number of hydrogen-bond acceptors (Lipinski definition) is 9. The first-order valence-corrected chi connectivity index (χ1v) is 11.8. The highest BCUT2D eigenvalue weighted by atomic mass is 32.2. The van der Waals surface area contributed by atoms with Crippen LogP contribution in [-0.4, -0.2) is 59.9 Å². The number of aromatic nitrogens is 1. The third kappa shape index (κ3) is 6.08. The van der Waals surface area contributed by atoms with E-state index in [-0.39, 0.29) is 34.4 Å². The van der Waals surface area contributed by atoms with Gasteiger partial charge in [-0.25, -0.2) is 4.98 Å². The SMILES string of the molecule is CN(CC(=O)NC(CO)CO)c1nc(SC(C(N)=O)c2ccccc2)c(C#N)c(C2CC2)c1C#N. The van der Waals surface area contributed by atoms with Crippen molar-refractivity contribution in [1.82, 2.24) is 10.3 Å². The van der Waals surface area contributed by atoms with Crippen LogP contribution in [0.3, 0.4) is 0 Å². The van der Waals surface area contributed by atoms with Crippen LogP contribution in [0.1, 0.15) is 46.3 Å². The van der Waals surface area contributed by atoms with Gasteiger partial charge in [0.1, 0.15) is 28.2 Å². The van der Waals surface area contributed by atoms with E-state index in [0.29, 0.717) is 11.1 Å². The smallest absolute Gasteiger partial charge is 0.239 e. The molecule has 0 saturated heterocycles. The van der Waals surface area contributed by atoms with Gasteiger partial charge in [0.25, 0.3) is 0 Å². The molecule has 2 aromatic rings. The monoisotopic (exact) mass is 494 g/mol. The Balaban J connectivity index is 2.05. The summed E-state index contributed by atoms with van der Waals surface area (Å²) in [5, 5.41) is 40.3. The minimum Gasteiger partial charge on any atom is -0.394 e. The number of aliphatic hydroxyl groups excluding tert-OH is 2. The number of anilines is 1. The van der Waals surface area contributed by atoms with Gasteiger partial charge >= 0.3 is 0 Å². The second kappa shape index (κ2) is 11.7. The fourth-order valence-corrected chi connectivity index (χ4v) is 4.72. The zero-order valence-corrected chi connectivity index (χ0v) is 20.0. The Morgan fingerprint density at radius 1 is 1.20 bits per heavy atom. The molecule has 1 aromatic carbocycles. The van der Waals surface area contributed by atoms with Crippen molar-refractivity contribution in [2.45, 2.75) is 35.1 Å². The summed E-state index contributed by atoms with van der Waals surface area (Å²) in [5.41, 5.74) is 7.35. The summed E-state index contributed by atoms with van der Waals surface area (Å²) in [6.45, 7) is -1.06. The second-order valence-electron chi connectivity index (χ2n) is 8.20. The highest BCUT2D eigenvalue weighted by molar-refractivity contribution is 8.00. The first-order valence-electron chi connectivity index (χ1n) is 11.0. The van der Waals surface area contributed by atoms with Crippen LogP contribution in [0.15, 0.2) is 35.4 Å². The molecule has 11 heteroatoms. The van der Waals surface area contributed by atoms with E-state index in [1.165, 1.54) is 4.90 Å². The van der Waals surface area contributed by atoms with Crippen LogP contribution in [0.25, 0.3) is 0 Å². The molecule has 1 heterocycles. The fraction of sp³-hybridized carbons (Fsp3) is 0.375. The number of pyridine rings is 1. The van der Waals surface area contributed by atoms with Gasteiger partial charge in [-0.1, -0.05) is 42.1 Å². The lowest BCUT2D eigenvalue weighted by molar-refractivity contribution is -0.121. The number of thioether (sulfide) groups is 1. The lowest BCUT2D eigenvalue weighted by Crippen LogP contribution is -2.44. The summed E-state index contributed by atoms with van der Waals surface area (Å²) in [6.07, 6.45) is 1.63. The van der Waals surface area contributed by atoms with Gasteiger partial charge in [0.05, 0.1) is 36.9 Å². The predicted molar refractivity (Wildman–Crippen MR) is 129 cm³/mol. The standard InChI is InChI=1S/C24H26N6O4S/c1-30(11-19(33)28-16(12-31)13-32)23-17(9-25)20(14-7-8-14)18(10-26)24(29-23)35-21(22(27)34)15-5-3-2-4-6-15/h2-6,14,16,21,31-32H,7-8,11-13H2,1H3,(H2,27,34)(H,28,33). The Kier molecular flexibility index (Phi) is 8.66. The Bertz CT molecular complexity index is 1170. The molecule has 5 N–H and O–H groups in total. The van der Waals surface area contributed by atoms with Crippen molar-refractivity contribution in [3.8, 4) is 12.1 Å². The Morgan fingerprint density at radius 3 is 2.34 bits per heavy atom. The van der Waals surface area contributed by atoms with E-state index in [1.54, 1.807) is 31.3 Å². The molecule has 1 saturated carbocycles. The molecule has 1 aromatic heterocycles. The van der Waals surface area contributed by atoms with Gasteiger partial charge in [0, 0.05) is 7.05 Å². The molecule has 35 heavy (non-hydrogen) atoms. The molecule has 3 rings (SSSR count). The largest absolute Gasteiger partial charge is 0.394 e. The van der Waals surface area contributed by atoms with Gasteiger partial charge in [-0.05, 0) is 29.9 Å². The van der Waals surface area contributed by atoms with Gasteiger partial charge in [0.2, 0.25) is 11.8 Å². The number of nitrogens with one attached hydrogen (secondary N) is 1. The van der Waals surface area contributed by atoms with Gasteiger partial charge in [-0.15, -0.1) is 0 Å². The number of aliphatic hydroxyl groups is 2. The molecule has 0 aliphatic heterocycles. The minimum atomic E-state index is -0.813.